The van der Waals surface area contributed by atoms with Crippen LogP contribution in [0.25, 0.3) is 0 Å². The molecule has 30 heavy (non-hydrogen) atoms. The third-order valence-corrected chi connectivity index (χ3v) is 5.56. The maximum atomic E-state index is 13.1. The highest BCUT2D eigenvalue weighted by Crippen LogP contribution is 2.37. The summed E-state index contributed by atoms with van der Waals surface area (Å²) in [5, 5.41) is 5.20. The molecule has 2 N–H and O–H groups in total. The molecule has 6 heteroatoms. The van der Waals surface area contributed by atoms with Crippen molar-refractivity contribution in [1.82, 2.24) is 0 Å². The summed E-state index contributed by atoms with van der Waals surface area (Å²) in [4.78, 5) is 36.8. The lowest BCUT2D eigenvalue weighted by molar-refractivity contribution is -0.116. The molecule has 3 rings (SSSR count). The molecule has 3 aromatic rings. The third-order valence-electron chi connectivity index (χ3n) is 4.31. The Morgan fingerprint density at radius 3 is 2.10 bits per heavy atom. The van der Waals surface area contributed by atoms with E-state index in [1.165, 1.54) is 25.6 Å². The summed E-state index contributed by atoms with van der Waals surface area (Å²) in [7, 11) is 0. The van der Waals surface area contributed by atoms with Crippen LogP contribution < -0.4 is 10.6 Å². The van der Waals surface area contributed by atoms with Gasteiger partial charge in [0, 0.05) is 28.8 Å². The lowest BCUT2D eigenvalue weighted by Crippen LogP contribution is -2.19. The van der Waals surface area contributed by atoms with E-state index >= 15 is 0 Å². The zero-order valence-corrected chi connectivity index (χ0v) is 17.5. The number of nitrogens with one attached hydrogen (secondary N) is 2. The zero-order valence-electron chi connectivity index (χ0n) is 16.7. The van der Waals surface area contributed by atoms with Gasteiger partial charge in [-0.15, -0.1) is 11.8 Å². The Kier molecular flexibility index (Phi) is 7.03. The average Bonchev–Trinajstić information content (AvgIpc) is 2.73. The highest BCUT2D eigenvalue weighted by atomic mass is 32.2. The number of ketones is 1. The quantitative estimate of drug-likeness (QED) is 0.402. The summed E-state index contributed by atoms with van der Waals surface area (Å²) in [5.74, 6) is -0.347. The highest BCUT2D eigenvalue weighted by Gasteiger charge is 2.22. The largest absolute Gasteiger partial charge is 0.326 e. The SMILES string of the molecule is CC(=O)Nc1cccc(SC(C(=O)Nc2ccc(C(C)=O)cc2)c2ccccc2)c1. The van der Waals surface area contributed by atoms with Gasteiger partial charge in [-0.2, -0.15) is 0 Å². The predicted octanol–water partition coefficient (Wildman–Crippen LogP) is 5.32. The molecule has 0 saturated carbocycles. The number of carbonyl (C=O) groups excluding carboxylic acids is 3. The maximum absolute atomic E-state index is 13.1. The van der Waals surface area contributed by atoms with Gasteiger partial charge in [-0.1, -0.05) is 36.4 Å². The number of amides is 2. The Labute approximate surface area is 179 Å². The molecule has 152 valence electrons. The maximum Gasteiger partial charge on any atom is 0.242 e. The van der Waals surface area contributed by atoms with E-state index in [0.29, 0.717) is 16.9 Å². The van der Waals surface area contributed by atoms with Gasteiger partial charge in [-0.25, -0.2) is 0 Å². The van der Waals surface area contributed by atoms with Crippen LogP contribution in [0.1, 0.15) is 35.0 Å². The van der Waals surface area contributed by atoms with E-state index in [4.69, 9.17) is 0 Å². The van der Waals surface area contributed by atoms with Crippen molar-refractivity contribution in [2.24, 2.45) is 0 Å². The molecule has 0 fully saturated rings. The molecule has 1 atom stereocenters. The van der Waals surface area contributed by atoms with Crippen LogP contribution in [-0.4, -0.2) is 17.6 Å². The molecule has 0 saturated heterocycles. The van der Waals surface area contributed by atoms with Crippen molar-refractivity contribution in [3.05, 3.63) is 90.0 Å². The Balaban J connectivity index is 1.83. The fourth-order valence-electron chi connectivity index (χ4n) is 2.88. The Bertz CT molecular complexity index is 1050. The molecule has 0 radical (unpaired) electrons. The number of anilines is 2. The van der Waals surface area contributed by atoms with Crippen molar-refractivity contribution in [2.75, 3.05) is 10.6 Å². The number of rotatable bonds is 7. The second-order valence-electron chi connectivity index (χ2n) is 6.74. The van der Waals surface area contributed by atoms with Gasteiger partial charge in [-0.05, 0) is 55.0 Å². The first-order valence-electron chi connectivity index (χ1n) is 9.43. The minimum Gasteiger partial charge on any atom is -0.326 e. The van der Waals surface area contributed by atoms with Gasteiger partial charge >= 0.3 is 0 Å². The normalized spacial score (nSPS) is 11.4. The average molecular weight is 419 g/mol. The second kappa shape index (κ2) is 9.89. The topological polar surface area (TPSA) is 75.3 Å². The van der Waals surface area contributed by atoms with Gasteiger partial charge in [0.1, 0.15) is 5.25 Å². The first-order valence-corrected chi connectivity index (χ1v) is 10.3. The summed E-state index contributed by atoms with van der Waals surface area (Å²) >= 11 is 1.40. The number of hydrogen-bond donors (Lipinski definition) is 2. The predicted molar refractivity (Wildman–Crippen MR) is 121 cm³/mol. The first-order chi connectivity index (χ1) is 14.4. The van der Waals surface area contributed by atoms with Crippen molar-refractivity contribution < 1.29 is 14.4 Å². The molecule has 0 aliphatic carbocycles. The van der Waals surface area contributed by atoms with Gasteiger partial charge in [0.2, 0.25) is 11.8 Å². The van der Waals surface area contributed by atoms with Crippen LogP contribution in [0.2, 0.25) is 0 Å². The van der Waals surface area contributed by atoms with E-state index in [9.17, 15) is 14.4 Å². The van der Waals surface area contributed by atoms with Gasteiger partial charge in [0.15, 0.2) is 5.78 Å². The molecule has 0 spiro atoms. The first kappa shape index (κ1) is 21.3. The van der Waals surface area contributed by atoms with E-state index in [0.717, 1.165) is 10.5 Å². The van der Waals surface area contributed by atoms with Crippen LogP contribution in [-0.2, 0) is 9.59 Å². The molecule has 0 aromatic heterocycles. The summed E-state index contributed by atoms with van der Waals surface area (Å²) in [6.07, 6.45) is 0. The van der Waals surface area contributed by atoms with Crippen molar-refractivity contribution in [3.63, 3.8) is 0 Å². The van der Waals surface area contributed by atoms with Crippen LogP contribution in [0, 0.1) is 0 Å². The van der Waals surface area contributed by atoms with Crippen LogP contribution in [0.5, 0.6) is 0 Å². The van der Waals surface area contributed by atoms with E-state index in [-0.39, 0.29) is 17.6 Å². The lowest BCUT2D eigenvalue weighted by Gasteiger charge is -2.18. The minimum atomic E-state index is -0.494. The van der Waals surface area contributed by atoms with Crippen molar-refractivity contribution in [1.29, 1.82) is 0 Å². The van der Waals surface area contributed by atoms with Gasteiger partial charge in [0.25, 0.3) is 0 Å². The molecule has 3 aromatic carbocycles. The number of hydrogen-bond acceptors (Lipinski definition) is 4. The second-order valence-corrected chi connectivity index (χ2v) is 7.92. The number of benzene rings is 3. The molecule has 1 unspecified atom stereocenters. The van der Waals surface area contributed by atoms with Gasteiger partial charge in [-0.3, -0.25) is 14.4 Å². The monoisotopic (exact) mass is 418 g/mol. The third kappa shape index (κ3) is 5.81. The van der Waals surface area contributed by atoms with Crippen LogP contribution in [0.3, 0.4) is 0 Å². The summed E-state index contributed by atoms with van der Waals surface area (Å²) in [6.45, 7) is 2.96. The fraction of sp³-hybridized carbons (Fsp3) is 0.125. The molecule has 5 nitrogen and oxygen atoms in total. The van der Waals surface area contributed by atoms with E-state index < -0.39 is 5.25 Å². The minimum absolute atomic E-state index is 0.0235. The Morgan fingerprint density at radius 1 is 0.767 bits per heavy atom. The van der Waals surface area contributed by atoms with Gasteiger partial charge < -0.3 is 10.6 Å². The summed E-state index contributed by atoms with van der Waals surface area (Å²) < 4.78 is 0. The standard InChI is InChI=1S/C24H22N2O3S/c1-16(27)18-11-13-20(14-12-18)26-24(29)23(19-7-4-3-5-8-19)30-22-10-6-9-21(15-22)25-17(2)28/h3-15,23H,1-2H3,(H,25,28)(H,26,29). The van der Waals surface area contributed by atoms with E-state index in [1.807, 2.05) is 48.5 Å². The molecule has 0 heterocycles. The highest BCUT2D eigenvalue weighted by molar-refractivity contribution is 8.00. The summed E-state index contributed by atoms with van der Waals surface area (Å²) in [6, 6.07) is 23.7. The van der Waals surface area contributed by atoms with E-state index in [1.54, 1.807) is 30.3 Å². The zero-order chi connectivity index (χ0) is 21.5. The summed E-state index contributed by atoms with van der Waals surface area (Å²) in [5.41, 5.74) is 2.76. The van der Waals surface area contributed by atoms with Crippen LogP contribution in [0.15, 0.2) is 83.8 Å². The lowest BCUT2D eigenvalue weighted by atomic mass is 10.1. The number of Topliss-reactive ketones (excluding diaryl/α,β-unsaturated/α-hetero) is 1. The van der Waals surface area contributed by atoms with Crippen LogP contribution in [0.4, 0.5) is 11.4 Å². The number of carbonyl (C=O) groups is 3. The van der Waals surface area contributed by atoms with Crippen molar-refractivity contribution in [2.45, 2.75) is 24.0 Å². The van der Waals surface area contributed by atoms with Crippen molar-refractivity contribution >= 4 is 40.7 Å². The van der Waals surface area contributed by atoms with Crippen LogP contribution >= 0.6 is 11.8 Å². The number of thioether (sulfide) groups is 1. The molecule has 0 bridgehead atoms. The van der Waals surface area contributed by atoms with Gasteiger partial charge in [0.05, 0.1) is 0 Å². The Morgan fingerprint density at radius 2 is 1.47 bits per heavy atom. The molecule has 0 aliphatic rings. The molecular formula is C24H22N2O3S. The smallest absolute Gasteiger partial charge is 0.242 e. The van der Waals surface area contributed by atoms with Crippen molar-refractivity contribution in [3.8, 4) is 0 Å². The molecule has 2 amide bonds. The fourth-order valence-corrected chi connectivity index (χ4v) is 3.97. The Hall–Kier alpha value is -3.38. The molecule has 0 aliphatic heterocycles. The molecular weight excluding hydrogens is 396 g/mol. The van der Waals surface area contributed by atoms with E-state index in [2.05, 4.69) is 10.6 Å².